The van der Waals surface area contributed by atoms with E-state index in [-0.39, 0.29) is 47.5 Å². The van der Waals surface area contributed by atoms with Gasteiger partial charge in [-0.1, -0.05) is 27.7 Å². The number of cyclic esters (lactones) is 4. The van der Waals surface area contributed by atoms with E-state index in [0.29, 0.717) is 12.8 Å². The van der Waals surface area contributed by atoms with Gasteiger partial charge in [0.15, 0.2) is 0 Å². The van der Waals surface area contributed by atoms with Crippen LogP contribution in [0.5, 0.6) is 0 Å². The molecule has 4 atom stereocenters. The average Bonchev–Trinajstić information content (AvgIpc) is 2.35. The van der Waals surface area contributed by atoms with E-state index in [9.17, 15) is 19.2 Å². The highest BCUT2D eigenvalue weighted by Gasteiger charge is 2.31. The highest BCUT2D eigenvalue weighted by molar-refractivity contribution is 5.90. The molecule has 2 aliphatic heterocycles. The molecule has 2 fully saturated rings. The molecule has 0 aromatic rings. The molecule has 2 heterocycles. The van der Waals surface area contributed by atoms with Crippen molar-refractivity contribution in [3.05, 3.63) is 0 Å². The van der Waals surface area contributed by atoms with Crippen molar-refractivity contribution in [1.29, 1.82) is 0 Å². The van der Waals surface area contributed by atoms with Crippen molar-refractivity contribution in [3.63, 3.8) is 0 Å². The maximum Gasteiger partial charge on any atom is 0.316 e. The molecule has 112 valence electrons. The van der Waals surface area contributed by atoms with Gasteiger partial charge in [-0.25, -0.2) is 0 Å². The summed E-state index contributed by atoms with van der Waals surface area (Å²) in [6.07, 6.45) is 1.25. The zero-order valence-electron chi connectivity index (χ0n) is 12.2. The lowest BCUT2D eigenvalue weighted by atomic mass is 9.95. The molecule has 0 aromatic heterocycles. The molecule has 6 nitrogen and oxygen atoms in total. The molecule has 0 amide bonds. The quantitative estimate of drug-likeness (QED) is 0.494. The van der Waals surface area contributed by atoms with Crippen LogP contribution in [0, 0.1) is 23.7 Å². The van der Waals surface area contributed by atoms with E-state index in [1.807, 2.05) is 0 Å². The van der Waals surface area contributed by atoms with E-state index in [2.05, 4.69) is 9.47 Å². The summed E-state index contributed by atoms with van der Waals surface area (Å²) in [5.41, 5.74) is 0. The zero-order valence-corrected chi connectivity index (χ0v) is 12.2. The molecule has 0 aliphatic carbocycles. The minimum absolute atomic E-state index is 0.118. The van der Waals surface area contributed by atoms with Crippen LogP contribution in [0.3, 0.4) is 0 Å². The Labute approximate surface area is 117 Å². The van der Waals surface area contributed by atoms with Crippen molar-refractivity contribution in [2.24, 2.45) is 23.7 Å². The van der Waals surface area contributed by atoms with Crippen LogP contribution in [0.1, 0.15) is 40.5 Å². The van der Waals surface area contributed by atoms with Gasteiger partial charge >= 0.3 is 23.9 Å². The fourth-order valence-electron chi connectivity index (χ4n) is 2.05. The molecule has 2 saturated heterocycles. The minimum atomic E-state index is -0.386. The van der Waals surface area contributed by atoms with E-state index in [1.165, 1.54) is 0 Å². The molecule has 0 unspecified atom stereocenters. The molecular formula is C14H20O6. The number of hydrogen-bond donors (Lipinski definition) is 0. The minimum Gasteiger partial charge on any atom is -0.393 e. The maximum absolute atomic E-state index is 10.7. The SMILES string of the molecule is C[C@@H]1C[C@H](C)C(=O)OC1=O.C[C@@H]1C[C@H](C)C(=O)OC1=O. The van der Waals surface area contributed by atoms with E-state index in [0.717, 1.165) is 0 Å². The smallest absolute Gasteiger partial charge is 0.316 e. The highest BCUT2D eigenvalue weighted by Crippen LogP contribution is 2.21. The predicted octanol–water partition coefficient (Wildman–Crippen LogP) is 1.46. The molecule has 0 radical (unpaired) electrons. The molecule has 6 heteroatoms. The molecular weight excluding hydrogens is 264 g/mol. The first kappa shape index (κ1) is 16.3. The van der Waals surface area contributed by atoms with Gasteiger partial charge in [-0.15, -0.1) is 0 Å². The summed E-state index contributed by atoms with van der Waals surface area (Å²) < 4.78 is 8.87. The summed E-state index contributed by atoms with van der Waals surface area (Å²) in [7, 11) is 0. The van der Waals surface area contributed by atoms with E-state index in [1.54, 1.807) is 27.7 Å². The number of carbonyl (C=O) groups is 4. The largest absolute Gasteiger partial charge is 0.393 e. The first-order valence-electron chi connectivity index (χ1n) is 6.73. The maximum atomic E-state index is 10.7. The fraction of sp³-hybridized carbons (Fsp3) is 0.714. The molecule has 0 saturated carbocycles. The molecule has 2 rings (SSSR count). The van der Waals surface area contributed by atoms with Crippen molar-refractivity contribution < 1.29 is 28.7 Å². The highest BCUT2D eigenvalue weighted by atomic mass is 16.6. The third-order valence-electron chi connectivity index (χ3n) is 3.43. The van der Waals surface area contributed by atoms with Crippen LogP contribution in [-0.4, -0.2) is 23.9 Å². The molecule has 0 spiro atoms. The van der Waals surface area contributed by atoms with Gasteiger partial charge in [-0.3, -0.25) is 19.2 Å². The van der Waals surface area contributed by atoms with Crippen LogP contribution in [0.2, 0.25) is 0 Å². The van der Waals surface area contributed by atoms with Crippen molar-refractivity contribution in [1.82, 2.24) is 0 Å². The summed E-state index contributed by atoms with van der Waals surface area (Å²) in [6, 6.07) is 0. The lowest BCUT2D eigenvalue weighted by molar-refractivity contribution is -0.172. The van der Waals surface area contributed by atoms with Crippen LogP contribution < -0.4 is 0 Å². The van der Waals surface area contributed by atoms with Gasteiger partial charge in [-0.05, 0) is 12.8 Å². The number of carbonyl (C=O) groups excluding carboxylic acids is 4. The second-order valence-corrected chi connectivity index (χ2v) is 5.56. The summed E-state index contributed by atoms with van der Waals surface area (Å²) in [5.74, 6) is -2.02. The molecule has 0 N–H and O–H groups in total. The van der Waals surface area contributed by atoms with Gasteiger partial charge in [0.25, 0.3) is 0 Å². The number of esters is 4. The van der Waals surface area contributed by atoms with Gasteiger partial charge in [0.2, 0.25) is 0 Å². The van der Waals surface area contributed by atoms with E-state index < -0.39 is 0 Å². The Balaban J connectivity index is 0.000000200. The van der Waals surface area contributed by atoms with Crippen LogP contribution >= 0.6 is 0 Å². The summed E-state index contributed by atoms with van der Waals surface area (Å²) >= 11 is 0. The predicted molar refractivity (Wildman–Crippen MR) is 68.1 cm³/mol. The van der Waals surface area contributed by atoms with Crippen LogP contribution in [0.15, 0.2) is 0 Å². The molecule has 0 aromatic carbocycles. The Kier molecular flexibility index (Phi) is 5.42. The van der Waals surface area contributed by atoms with Gasteiger partial charge in [0.05, 0.1) is 23.7 Å². The van der Waals surface area contributed by atoms with Crippen molar-refractivity contribution in [2.45, 2.75) is 40.5 Å². The Morgan fingerprint density at radius 2 is 0.800 bits per heavy atom. The standard InChI is InChI=1S/2C7H10O3/c2*1-4-3-5(2)7(9)10-6(4)8/h2*4-5H,3H2,1-2H3/t2*4-,5+. The van der Waals surface area contributed by atoms with Crippen LogP contribution in [0.4, 0.5) is 0 Å². The fourth-order valence-corrected chi connectivity index (χ4v) is 2.05. The van der Waals surface area contributed by atoms with Gasteiger partial charge in [-0.2, -0.15) is 0 Å². The van der Waals surface area contributed by atoms with Gasteiger partial charge in [0, 0.05) is 0 Å². The number of rotatable bonds is 0. The average molecular weight is 284 g/mol. The second-order valence-electron chi connectivity index (χ2n) is 5.56. The number of ether oxygens (including phenoxy) is 2. The zero-order chi connectivity index (χ0) is 15.4. The Hall–Kier alpha value is -1.72. The Morgan fingerprint density at radius 3 is 0.950 bits per heavy atom. The number of hydrogen-bond acceptors (Lipinski definition) is 6. The Bertz CT molecular complexity index is 351. The van der Waals surface area contributed by atoms with Crippen molar-refractivity contribution >= 4 is 23.9 Å². The topological polar surface area (TPSA) is 86.7 Å². The molecule has 0 bridgehead atoms. The summed E-state index contributed by atoms with van der Waals surface area (Å²) in [4.78, 5) is 42.8. The summed E-state index contributed by atoms with van der Waals surface area (Å²) in [6.45, 7) is 7.08. The Morgan fingerprint density at radius 1 is 0.600 bits per heavy atom. The van der Waals surface area contributed by atoms with Crippen LogP contribution in [0.25, 0.3) is 0 Å². The van der Waals surface area contributed by atoms with Crippen LogP contribution in [-0.2, 0) is 28.7 Å². The lowest BCUT2D eigenvalue weighted by Gasteiger charge is -2.20. The van der Waals surface area contributed by atoms with Crippen molar-refractivity contribution in [2.75, 3.05) is 0 Å². The third kappa shape index (κ3) is 4.15. The third-order valence-corrected chi connectivity index (χ3v) is 3.43. The van der Waals surface area contributed by atoms with E-state index in [4.69, 9.17) is 0 Å². The first-order chi connectivity index (χ1) is 9.22. The normalized spacial score (nSPS) is 33.8. The van der Waals surface area contributed by atoms with Gasteiger partial charge in [0.1, 0.15) is 0 Å². The second kappa shape index (κ2) is 6.63. The monoisotopic (exact) mass is 284 g/mol. The van der Waals surface area contributed by atoms with E-state index >= 15 is 0 Å². The van der Waals surface area contributed by atoms with Crippen molar-refractivity contribution in [3.8, 4) is 0 Å². The summed E-state index contributed by atoms with van der Waals surface area (Å²) in [5, 5.41) is 0. The molecule has 20 heavy (non-hydrogen) atoms. The molecule has 2 aliphatic rings. The van der Waals surface area contributed by atoms with Gasteiger partial charge < -0.3 is 9.47 Å². The lowest BCUT2D eigenvalue weighted by Crippen LogP contribution is -2.31. The first-order valence-corrected chi connectivity index (χ1v) is 6.73.